The number of carbonyl (C=O) groups excluding carboxylic acids is 1. The van der Waals surface area contributed by atoms with E-state index in [-0.39, 0.29) is 16.8 Å². The topological polar surface area (TPSA) is 84.3 Å². The van der Waals surface area contributed by atoms with E-state index >= 15 is 0 Å². The lowest BCUT2D eigenvalue weighted by Crippen LogP contribution is -2.30. The van der Waals surface area contributed by atoms with Crippen LogP contribution in [0, 0.1) is 0 Å². The van der Waals surface area contributed by atoms with Crippen LogP contribution >= 0.6 is 11.6 Å². The number of carbonyl (C=O) groups is 1. The molecule has 9 heteroatoms. The molecule has 0 radical (unpaired) electrons. The number of hydrogen-bond acceptors (Lipinski definition) is 4. The SMILES string of the molecule is CCN(CC)S(=O)(=O)c1ccc(C(C)NC(=O)c2cnn(-c3cccc(Cl)c3)c2)cc1. The van der Waals surface area contributed by atoms with Crippen LogP contribution in [0.15, 0.2) is 65.8 Å². The molecule has 1 heterocycles. The molecule has 31 heavy (non-hydrogen) atoms. The highest BCUT2D eigenvalue weighted by Gasteiger charge is 2.22. The molecule has 0 aliphatic heterocycles. The Morgan fingerprint density at radius 2 is 1.84 bits per heavy atom. The van der Waals surface area contributed by atoms with Crippen molar-refractivity contribution in [3.8, 4) is 5.69 Å². The molecule has 2 aromatic carbocycles. The number of benzene rings is 2. The molecule has 1 atom stereocenters. The highest BCUT2D eigenvalue weighted by Crippen LogP contribution is 2.20. The summed E-state index contributed by atoms with van der Waals surface area (Å²) in [6, 6.07) is 13.4. The lowest BCUT2D eigenvalue weighted by atomic mass is 10.1. The van der Waals surface area contributed by atoms with Crippen molar-refractivity contribution in [3.05, 3.63) is 77.1 Å². The summed E-state index contributed by atoms with van der Waals surface area (Å²) in [7, 11) is -3.51. The van der Waals surface area contributed by atoms with Crippen molar-refractivity contribution in [3.63, 3.8) is 0 Å². The highest BCUT2D eigenvalue weighted by molar-refractivity contribution is 7.89. The lowest BCUT2D eigenvalue weighted by Gasteiger charge is -2.19. The Bertz CT molecular complexity index is 1160. The molecule has 1 N–H and O–H groups in total. The van der Waals surface area contributed by atoms with Gasteiger partial charge in [0.25, 0.3) is 5.91 Å². The molecule has 7 nitrogen and oxygen atoms in total. The first-order valence-electron chi connectivity index (χ1n) is 9.97. The standard InChI is InChI=1S/C22H25ClN4O3S/c1-4-26(5-2)31(29,30)21-11-9-17(10-12-21)16(3)25-22(28)18-14-24-27(15-18)20-8-6-7-19(23)13-20/h6-16H,4-5H2,1-3H3,(H,25,28). The third kappa shape index (κ3) is 5.15. The molecule has 0 aliphatic carbocycles. The number of halogens is 1. The van der Waals surface area contributed by atoms with Crippen LogP contribution in [0.25, 0.3) is 5.69 Å². The summed E-state index contributed by atoms with van der Waals surface area (Å²) in [5, 5.41) is 7.72. The zero-order valence-corrected chi connectivity index (χ0v) is 19.2. The number of aromatic nitrogens is 2. The number of sulfonamides is 1. The molecule has 0 saturated heterocycles. The number of amides is 1. The van der Waals surface area contributed by atoms with Crippen LogP contribution in [0.2, 0.25) is 5.02 Å². The molecule has 0 aliphatic rings. The molecule has 1 aromatic heterocycles. The minimum Gasteiger partial charge on any atom is -0.345 e. The molecule has 0 fully saturated rings. The Kier molecular flexibility index (Phi) is 7.15. The minimum absolute atomic E-state index is 0.237. The van der Waals surface area contributed by atoms with Crippen LogP contribution in [0.1, 0.15) is 42.7 Å². The number of rotatable bonds is 8. The predicted octanol–water partition coefficient (Wildman–Crippen LogP) is 4.05. The van der Waals surface area contributed by atoms with E-state index < -0.39 is 10.0 Å². The molecule has 164 valence electrons. The normalized spacial score (nSPS) is 12.7. The quantitative estimate of drug-likeness (QED) is 0.549. The van der Waals surface area contributed by atoms with Gasteiger partial charge in [0.05, 0.1) is 28.4 Å². The second-order valence-corrected chi connectivity index (χ2v) is 9.38. The second kappa shape index (κ2) is 9.64. The molecule has 1 unspecified atom stereocenters. The first-order chi connectivity index (χ1) is 14.8. The molecule has 0 spiro atoms. The van der Waals surface area contributed by atoms with Gasteiger partial charge in [-0.2, -0.15) is 9.40 Å². The smallest absolute Gasteiger partial charge is 0.254 e. The summed E-state index contributed by atoms with van der Waals surface area (Å²) in [5.74, 6) is -0.277. The second-order valence-electron chi connectivity index (χ2n) is 7.01. The Morgan fingerprint density at radius 3 is 2.45 bits per heavy atom. The van der Waals surface area contributed by atoms with Gasteiger partial charge in [0.15, 0.2) is 0 Å². The van der Waals surface area contributed by atoms with Gasteiger partial charge < -0.3 is 5.32 Å². The summed E-state index contributed by atoms with van der Waals surface area (Å²) >= 11 is 6.01. The van der Waals surface area contributed by atoms with Crippen molar-refractivity contribution in [1.82, 2.24) is 19.4 Å². The summed E-state index contributed by atoms with van der Waals surface area (Å²) in [4.78, 5) is 12.9. The van der Waals surface area contributed by atoms with E-state index in [4.69, 9.17) is 11.6 Å². The van der Waals surface area contributed by atoms with Crippen molar-refractivity contribution in [2.24, 2.45) is 0 Å². The fraction of sp³-hybridized carbons (Fsp3) is 0.273. The fourth-order valence-electron chi connectivity index (χ4n) is 3.20. The third-order valence-corrected chi connectivity index (χ3v) is 7.29. The van der Waals surface area contributed by atoms with E-state index in [9.17, 15) is 13.2 Å². The summed E-state index contributed by atoms with van der Waals surface area (Å²) in [5.41, 5.74) is 1.96. The van der Waals surface area contributed by atoms with Gasteiger partial charge in [-0.3, -0.25) is 4.79 Å². The first kappa shape index (κ1) is 23.0. The van der Waals surface area contributed by atoms with E-state index in [1.165, 1.54) is 10.5 Å². The maximum Gasteiger partial charge on any atom is 0.254 e. The number of hydrogen-bond donors (Lipinski definition) is 1. The summed E-state index contributed by atoms with van der Waals surface area (Å²) in [6.45, 7) is 6.28. The molecular weight excluding hydrogens is 436 g/mol. The van der Waals surface area contributed by atoms with Gasteiger partial charge in [-0.25, -0.2) is 13.1 Å². The molecule has 0 saturated carbocycles. The van der Waals surface area contributed by atoms with Gasteiger partial charge in [-0.1, -0.05) is 43.6 Å². The molecule has 0 bridgehead atoms. The van der Waals surface area contributed by atoms with Crippen LogP contribution in [0.5, 0.6) is 0 Å². The maximum absolute atomic E-state index is 12.6. The Labute approximate surface area is 187 Å². The van der Waals surface area contributed by atoms with Crippen LogP contribution in [0.4, 0.5) is 0 Å². The van der Waals surface area contributed by atoms with E-state index in [2.05, 4.69) is 10.4 Å². The average Bonchev–Trinajstić information content (AvgIpc) is 3.25. The average molecular weight is 461 g/mol. The highest BCUT2D eigenvalue weighted by atomic mass is 35.5. The van der Waals surface area contributed by atoms with Gasteiger partial charge in [0.1, 0.15) is 0 Å². The van der Waals surface area contributed by atoms with Gasteiger partial charge in [0.2, 0.25) is 10.0 Å². The van der Waals surface area contributed by atoms with Crippen LogP contribution in [-0.2, 0) is 10.0 Å². The fourth-order valence-corrected chi connectivity index (χ4v) is 4.85. The van der Waals surface area contributed by atoms with Crippen molar-refractivity contribution >= 4 is 27.5 Å². The monoisotopic (exact) mass is 460 g/mol. The van der Waals surface area contributed by atoms with Gasteiger partial charge in [-0.05, 0) is 42.8 Å². The lowest BCUT2D eigenvalue weighted by molar-refractivity contribution is 0.0940. The van der Waals surface area contributed by atoms with Crippen molar-refractivity contribution < 1.29 is 13.2 Å². The predicted molar refractivity (Wildman–Crippen MR) is 121 cm³/mol. The number of nitrogens with one attached hydrogen (secondary N) is 1. The van der Waals surface area contributed by atoms with E-state index in [0.717, 1.165) is 11.3 Å². The van der Waals surface area contributed by atoms with Crippen molar-refractivity contribution in [2.45, 2.75) is 31.7 Å². The molecule has 3 rings (SSSR count). The van der Waals surface area contributed by atoms with E-state index in [0.29, 0.717) is 23.7 Å². The first-order valence-corrected chi connectivity index (χ1v) is 11.8. The molecular formula is C22H25ClN4O3S. The van der Waals surface area contributed by atoms with Gasteiger partial charge in [-0.15, -0.1) is 0 Å². The van der Waals surface area contributed by atoms with Crippen LogP contribution < -0.4 is 5.32 Å². The van der Waals surface area contributed by atoms with Crippen LogP contribution in [0.3, 0.4) is 0 Å². The van der Waals surface area contributed by atoms with E-state index in [1.54, 1.807) is 47.3 Å². The van der Waals surface area contributed by atoms with E-state index in [1.807, 2.05) is 32.9 Å². The molecule has 1 amide bonds. The third-order valence-electron chi connectivity index (χ3n) is 4.99. The van der Waals surface area contributed by atoms with Crippen molar-refractivity contribution in [2.75, 3.05) is 13.1 Å². The largest absolute Gasteiger partial charge is 0.345 e. The maximum atomic E-state index is 12.6. The van der Waals surface area contributed by atoms with Crippen LogP contribution in [-0.4, -0.2) is 41.5 Å². The zero-order valence-electron chi connectivity index (χ0n) is 17.6. The zero-order chi connectivity index (χ0) is 22.6. The summed E-state index contributed by atoms with van der Waals surface area (Å²) < 4.78 is 28.2. The molecule has 3 aromatic rings. The van der Waals surface area contributed by atoms with Gasteiger partial charge >= 0.3 is 0 Å². The van der Waals surface area contributed by atoms with Crippen molar-refractivity contribution in [1.29, 1.82) is 0 Å². The minimum atomic E-state index is -3.51. The Balaban J connectivity index is 1.70. The Morgan fingerprint density at radius 1 is 1.16 bits per heavy atom. The number of nitrogens with zero attached hydrogens (tertiary/aromatic N) is 3. The summed E-state index contributed by atoms with van der Waals surface area (Å²) in [6.07, 6.45) is 3.12. The van der Waals surface area contributed by atoms with Gasteiger partial charge in [0, 0.05) is 24.3 Å². The Hall–Kier alpha value is -2.68.